The SMILES string of the molecule is CCC1(NC(=O)c2ccc(NC)c(C(F)(F)F)c2)CCC1. The number of carbonyl (C=O) groups is 1. The number of halogens is 3. The van der Waals surface area contributed by atoms with Crippen LogP contribution in [-0.2, 0) is 6.18 Å². The molecule has 6 heteroatoms. The number of anilines is 1. The molecule has 0 atom stereocenters. The van der Waals surface area contributed by atoms with Crippen LogP contribution in [0.5, 0.6) is 0 Å². The first-order valence-corrected chi connectivity index (χ1v) is 7.03. The average Bonchev–Trinajstić information content (AvgIpc) is 2.41. The molecule has 2 rings (SSSR count). The Labute approximate surface area is 121 Å². The normalized spacial score (nSPS) is 17.0. The van der Waals surface area contributed by atoms with Gasteiger partial charge in [0.2, 0.25) is 0 Å². The van der Waals surface area contributed by atoms with Crippen LogP contribution < -0.4 is 10.6 Å². The highest BCUT2D eigenvalue weighted by Gasteiger charge is 2.38. The molecule has 0 spiro atoms. The molecule has 0 saturated heterocycles. The minimum atomic E-state index is -4.49. The fraction of sp³-hybridized carbons (Fsp3) is 0.533. The van der Waals surface area contributed by atoms with E-state index in [-0.39, 0.29) is 16.8 Å². The van der Waals surface area contributed by atoms with E-state index in [0.29, 0.717) is 0 Å². The van der Waals surface area contributed by atoms with Crippen molar-refractivity contribution in [2.24, 2.45) is 0 Å². The molecule has 3 nitrogen and oxygen atoms in total. The van der Waals surface area contributed by atoms with Gasteiger partial charge in [-0.2, -0.15) is 13.2 Å². The van der Waals surface area contributed by atoms with E-state index in [0.717, 1.165) is 31.7 Å². The van der Waals surface area contributed by atoms with Crippen LogP contribution in [0.2, 0.25) is 0 Å². The first-order valence-electron chi connectivity index (χ1n) is 7.03. The summed E-state index contributed by atoms with van der Waals surface area (Å²) in [7, 11) is 1.42. The zero-order valence-corrected chi connectivity index (χ0v) is 12.1. The Morgan fingerprint density at radius 2 is 2.00 bits per heavy atom. The summed E-state index contributed by atoms with van der Waals surface area (Å²) < 4.78 is 39.0. The summed E-state index contributed by atoms with van der Waals surface area (Å²) >= 11 is 0. The molecule has 21 heavy (non-hydrogen) atoms. The number of benzene rings is 1. The largest absolute Gasteiger partial charge is 0.418 e. The summed E-state index contributed by atoms with van der Waals surface area (Å²) in [6.07, 6.45) is -0.889. The fourth-order valence-corrected chi connectivity index (χ4v) is 2.62. The first-order chi connectivity index (χ1) is 9.81. The molecule has 0 bridgehead atoms. The highest BCUT2D eigenvalue weighted by Crippen LogP contribution is 2.37. The van der Waals surface area contributed by atoms with Gasteiger partial charge < -0.3 is 10.6 Å². The monoisotopic (exact) mass is 300 g/mol. The lowest BCUT2D eigenvalue weighted by atomic mass is 9.74. The highest BCUT2D eigenvalue weighted by molar-refractivity contribution is 5.95. The molecule has 1 aliphatic rings. The molecular formula is C15H19F3N2O. The van der Waals surface area contributed by atoms with Crippen molar-refractivity contribution in [1.82, 2.24) is 5.32 Å². The van der Waals surface area contributed by atoms with Crippen molar-refractivity contribution in [3.05, 3.63) is 29.3 Å². The molecule has 2 N–H and O–H groups in total. The third kappa shape index (κ3) is 3.14. The second-order valence-corrected chi connectivity index (χ2v) is 5.45. The summed E-state index contributed by atoms with van der Waals surface area (Å²) in [6, 6.07) is 3.61. The summed E-state index contributed by atoms with van der Waals surface area (Å²) in [5.74, 6) is -0.440. The number of hydrogen-bond donors (Lipinski definition) is 2. The standard InChI is InChI=1S/C15H19F3N2O/c1-3-14(7-4-8-14)20-13(21)10-5-6-12(19-2)11(9-10)15(16,17)18/h5-6,9,19H,3-4,7-8H2,1-2H3,(H,20,21). The van der Waals surface area contributed by atoms with Crippen LogP contribution in [0.4, 0.5) is 18.9 Å². The van der Waals surface area contributed by atoms with Gasteiger partial charge in [-0.1, -0.05) is 6.92 Å². The van der Waals surface area contributed by atoms with Crippen molar-refractivity contribution in [3.8, 4) is 0 Å². The van der Waals surface area contributed by atoms with Crippen LogP contribution in [0.1, 0.15) is 48.5 Å². The lowest BCUT2D eigenvalue weighted by Crippen LogP contribution is -2.53. The maximum atomic E-state index is 13.0. The zero-order valence-electron chi connectivity index (χ0n) is 12.1. The van der Waals surface area contributed by atoms with Crippen molar-refractivity contribution >= 4 is 11.6 Å². The van der Waals surface area contributed by atoms with Crippen LogP contribution in [0.3, 0.4) is 0 Å². The Hall–Kier alpha value is -1.72. The van der Waals surface area contributed by atoms with E-state index in [1.807, 2.05) is 6.92 Å². The molecule has 1 aromatic rings. The number of alkyl halides is 3. The quantitative estimate of drug-likeness (QED) is 0.888. The highest BCUT2D eigenvalue weighted by atomic mass is 19.4. The molecule has 1 aromatic carbocycles. The van der Waals surface area contributed by atoms with Gasteiger partial charge in [0, 0.05) is 23.8 Å². The smallest absolute Gasteiger partial charge is 0.388 e. The van der Waals surface area contributed by atoms with Crippen LogP contribution >= 0.6 is 0 Å². The van der Waals surface area contributed by atoms with Crippen molar-refractivity contribution in [2.75, 3.05) is 12.4 Å². The van der Waals surface area contributed by atoms with Crippen LogP contribution in [0.25, 0.3) is 0 Å². The van der Waals surface area contributed by atoms with Gasteiger partial charge in [-0.15, -0.1) is 0 Å². The van der Waals surface area contributed by atoms with Crippen molar-refractivity contribution in [1.29, 1.82) is 0 Å². The van der Waals surface area contributed by atoms with Gasteiger partial charge in [0.1, 0.15) is 0 Å². The van der Waals surface area contributed by atoms with E-state index in [4.69, 9.17) is 0 Å². The Kier molecular flexibility index (Phi) is 4.16. The maximum absolute atomic E-state index is 13.0. The van der Waals surface area contributed by atoms with Crippen LogP contribution in [0.15, 0.2) is 18.2 Å². The predicted molar refractivity (Wildman–Crippen MR) is 75.3 cm³/mol. The topological polar surface area (TPSA) is 41.1 Å². The Morgan fingerprint density at radius 1 is 1.33 bits per heavy atom. The molecule has 1 aliphatic carbocycles. The number of rotatable bonds is 4. The molecule has 0 aromatic heterocycles. The summed E-state index contributed by atoms with van der Waals surface area (Å²) in [5.41, 5.74) is -1.05. The molecule has 0 aliphatic heterocycles. The Morgan fingerprint density at radius 3 is 2.43 bits per heavy atom. The summed E-state index contributed by atoms with van der Waals surface area (Å²) in [4.78, 5) is 12.2. The van der Waals surface area contributed by atoms with E-state index in [9.17, 15) is 18.0 Å². The molecule has 0 radical (unpaired) electrons. The fourth-order valence-electron chi connectivity index (χ4n) is 2.62. The van der Waals surface area contributed by atoms with Gasteiger partial charge in [-0.3, -0.25) is 4.79 Å². The molecule has 1 fully saturated rings. The van der Waals surface area contributed by atoms with Crippen LogP contribution in [0, 0.1) is 0 Å². The zero-order chi connectivity index (χ0) is 15.7. The minimum absolute atomic E-state index is 0.0344. The molecular weight excluding hydrogens is 281 g/mol. The Balaban J connectivity index is 2.26. The van der Waals surface area contributed by atoms with Gasteiger partial charge in [0.05, 0.1) is 5.56 Å². The van der Waals surface area contributed by atoms with Gasteiger partial charge in [-0.25, -0.2) is 0 Å². The van der Waals surface area contributed by atoms with E-state index >= 15 is 0 Å². The van der Waals surface area contributed by atoms with E-state index in [1.165, 1.54) is 19.2 Å². The number of nitrogens with one attached hydrogen (secondary N) is 2. The van der Waals surface area contributed by atoms with Crippen LogP contribution in [-0.4, -0.2) is 18.5 Å². The van der Waals surface area contributed by atoms with Crippen molar-refractivity contribution < 1.29 is 18.0 Å². The maximum Gasteiger partial charge on any atom is 0.418 e. The third-order valence-corrected chi connectivity index (χ3v) is 4.22. The second-order valence-electron chi connectivity index (χ2n) is 5.45. The van der Waals surface area contributed by atoms with Gasteiger partial charge in [-0.05, 0) is 43.9 Å². The molecule has 1 saturated carbocycles. The molecule has 116 valence electrons. The first kappa shape index (κ1) is 15.7. The van der Waals surface area contributed by atoms with E-state index in [2.05, 4.69) is 10.6 Å². The predicted octanol–water partition coefficient (Wildman–Crippen LogP) is 3.81. The molecule has 0 heterocycles. The number of carbonyl (C=O) groups excluding carboxylic acids is 1. The average molecular weight is 300 g/mol. The summed E-state index contributed by atoms with van der Waals surface area (Å²) in [6.45, 7) is 1.98. The van der Waals surface area contributed by atoms with Crippen molar-refractivity contribution in [3.63, 3.8) is 0 Å². The van der Waals surface area contributed by atoms with E-state index < -0.39 is 17.6 Å². The number of amides is 1. The lowest BCUT2D eigenvalue weighted by Gasteiger charge is -2.42. The van der Waals surface area contributed by atoms with Gasteiger partial charge in [0.15, 0.2) is 0 Å². The van der Waals surface area contributed by atoms with E-state index in [1.54, 1.807) is 0 Å². The van der Waals surface area contributed by atoms with Gasteiger partial charge >= 0.3 is 6.18 Å². The second kappa shape index (κ2) is 5.58. The lowest BCUT2D eigenvalue weighted by molar-refractivity contribution is -0.136. The minimum Gasteiger partial charge on any atom is -0.388 e. The summed E-state index contributed by atoms with van der Waals surface area (Å²) in [5, 5.41) is 5.38. The third-order valence-electron chi connectivity index (χ3n) is 4.22. The molecule has 1 amide bonds. The van der Waals surface area contributed by atoms with Crippen molar-refractivity contribution in [2.45, 2.75) is 44.3 Å². The Bertz CT molecular complexity index is 531. The molecule has 0 unspecified atom stereocenters. The van der Waals surface area contributed by atoms with Gasteiger partial charge in [0.25, 0.3) is 5.91 Å². The number of hydrogen-bond acceptors (Lipinski definition) is 2.